The molecule has 1 atom stereocenters. The third-order valence-electron chi connectivity index (χ3n) is 3.19. The van der Waals surface area contributed by atoms with E-state index in [1.807, 2.05) is 20.8 Å². The van der Waals surface area contributed by atoms with Crippen LogP contribution in [-0.4, -0.2) is 36.5 Å². The van der Waals surface area contributed by atoms with Crippen LogP contribution >= 0.6 is 0 Å². The molecule has 0 spiro atoms. The summed E-state index contributed by atoms with van der Waals surface area (Å²) in [4.78, 5) is 27.5. The van der Waals surface area contributed by atoms with Crippen molar-refractivity contribution < 1.29 is 4.79 Å². The maximum Gasteiger partial charge on any atom is 0.267 e. The molecule has 0 radical (unpaired) electrons. The first-order valence-electron chi connectivity index (χ1n) is 6.70. The maximum atomic E-state index is 11.9. The number of carbonyl (C=O) groups excluding carboxylic acids is 1. The zero-order valence-corrected chi connectivity index (χ0v) is 12.2. The lowest BCUT2D eigenvalue weighted by Crippen LogP contribution is -2.40. The second-order valence-corrected chi connectivity index (χ2v) is 5.13. The highest BCUT2D eigenvalue weighted by Crippen LogP contribution is 2.00. The number of hydrogen-bond acceptors (Lipinski definition) is 5. The van der Waals surface area contributed by atoms with Crippen molar-refractivity contribution in [1.82, 2.24) is 29.9 Å². The lowest BCUT2D eigenvalue weighted by Gasteiger charge is -2.17. The fraction of sp³-hybridized carbons (Fsp3) is 0.462. The van der Waals surface area contributed by atoms with Crippen molar-refractivity contribution in [1.29, 1.82) is 0 Å². The number of nitrogens with zero attached hydrogens (tertiary/aromatic N) is 5. The molecule has 0 aliphatic rings. The van der Waals surface area contributed by atoms with Gasteiger partial charge in [0, 0.05) is 12.1 Å². The summed E-state index contributed by atoms with van der Waals surface area (Å²) in [6, 6.07) is 2.91. The Morgan fingerprint density at radius 2 is 2.10 bits per heavy atom. The van der Waals surface area contributed by atoms with Gasteiger partial charge in [-0.15, -0.1) is 5.10 Å². The number of aromatic nitrogens is 5. The van der Waals surface area contributed by atoms with Crippen LogP contribution in [0.4, 0.5) is 0 Å². The molecule has 1 amide bonds. The molecule has 8 heteroatoms. The minimum Gasteiger partial charge on any atom is -0.352 e. The minimum atomic E-state index is -0.341. The van der Waals surface area contributed by atoms with Gasteiger partial charge in [-0.05, 0) is 18.9 Å². The average molecular weight is 290 g/mol. The second-order valence-electron chi connectivity index (χ2n) is 5.13. The van der Waals surface area contributed by atoms with E-state index < -0.39 is 0 Å². The van der Waals surface area contributed by atoms with E-state index in [-0.39, 0.29) is 24.1 Å². The zero-order chi connectivity index (χ0) is 15.4. The molecule has 0 saturated heterocycles. The number of amides is 1. The molecule has 2 aromatic heterocycles. The van der Waals surface area contributed by atoms with Gasteiger partial charge in [0.2, 0.25) is 5.91 Å². The van der Waals surface area contributed by atoms with Gasteiger partial charge < -0.3 is 5.32 Å². The molecule has 0 unspecified atom stereocenters. The predicted molar refractivity (Wildman–Crippen MR) is 75.9 cm³/mol. The molecule has 0 bridgehead atoms. The van der Waals surface area contributed by atoms with Crippen LogP contribution in [0.25, 0.3) is 5.82 Å². The van der Waals surface area contributed by atoms with E-state index in [2.05, 4.69) is 20.5 Å². The number of nitrogens with one attached hydrogen (secondary N) is 1. The van der Waals surface area contributed by atoms with Crippen LogP contribution < -0.4 is 10.9 Å². The maximum absolute atomic E-state index is 11.9. The van der Waals surface area contributed by atoms with Gasteiger partial charge in [0.05, 0.1) is 0 Å². The monoisotopic (exact) mass is 290 g/mol. The highest BCUT2D eigenvalue weighted by Gasteiger charge is 2.12. The van der Waals surface area contributed by atoms with Crippen LogP contribution in [-0.2, 0) is 11.3 Å². The van der Waals surface area contributed by atoms with Gasteiger partial charge in [-0.1, -0.05) is 13.8 Å². The Morgan fingerprint density at radius 1 is 1.33 bits per heavy atom. The molecule has 0 fully saturated rings. The number of hydrogen-bond donors (Lipinski definition) is 1. The first-order valence-corrected chi connectivity index (χ1v) is 6.70. The molecule has 0 aliphatic heterocycles. The number of rotatable bonds is 5. The van der Waals surface area contributed by atoms with Gasteiger partial charge in [0.1, 0.15) is 19.2 Å². The smallest absolute Gasteiger partial charge is 0.267 e. The van der Waals surface area contributed by atoms with E-state index in [1.54, 1.807) is 0 Å². The molecule has 21 heavy (non-hydrogen) atoms. The van der Waals surface area contributed by atoms with E-state index in [1.165, 1.54) is 29.5 Å². The third kappa shape index (κ3) is 3.74. The predicted octanol–water partition coefficient (Wildman–Crippen LogP) is -0.0153. The van der Waals surface area contributed by atoms with Crippen molar-refractivity contribution in [3.05, 3.63) is 35.1 Å². The second kappa shape index (κ2) is 6.29. The molecule has 1 N–H and O–H groups in total. The largest absolute Gasteiger partial charge is 0.352 e. The fourth-order valence-electron chi connectivity index (χ4n) is 1.60. The van der Waals surface area contributed by atoms with Gasteiger partial charge in [-0.25, -0.2) is 14.3 Å². The Balaban J connectivity index is 2.15. The van der Waals surface area contributed by atoms with Gasteiger partial charge >= 0.3 is 0 Å². The molecule has 0 saturated carbocycles. The normalized spacial score (nSPS) is 12.4. The Bertz CT molecular complexity index is 662. The molecular formula is C13H18N6O2. The van der Waals surface area contributed by atoms with E-state index in [4.69, 9.17) is 0 Å². The van der Waals surface area contributed by atoms with Crippen molar-refractivity contribution >= 4 is 5.91 Å². The van der Waals surface area contributed by atoms with Crippen LogP contribution in [0, 0.1) is 5.92 Å². The third-order valence-corrected chi connectivity index (χ3v) is 3.19. The Kier molecular flexibility index (Phi) is 4.46. The summed E-state index contributed by atoms with van der Waals surface area (Å²) < 4.78 is 2.53. The highest BCUT2D eigenvalue weighted by atomic mass is 16.2. The summed E-state index contributed by atoms with van der Waals surface area (Å²) in [6.07, 6.45) is 2.84. The molecule has 0 aliphatic carbocycles. The zero-order valence-electron chi connectivity index (χ0n) is 12.2. The molecule has 8 nitrogen and oxygen atoms in total. The summed E-state index contributed by atoms with van der Waals surface area (Å²) in [5, 5.41) is 10.9. The lowest BCUT2D eigenvalue weighted by molar-refractivity contribution is -0.122. The molecule has 112 valence electrons. The van der Waals surface area contributed by atoms with Crippen LogP contribution in [0.15, 0.2) is 29.6 Å². The van der Waals surface area contributed by atoms with Crippen molar-refractivity contribution in [3.8, 4) is 5.82 Å². The van der Waals surface area contributed by atoms with Crippen molar-refractivity contribution in [3.63, 3.8) is 0 Å². The summed E-state index contributed by atoms with van der Waals surface area (Å²) in [5.74, 6) is 0.499. The quantitative estimate of drug-likeness (QED) is 0.835. The Hall–Kier alpha value is -2.51. The van der Waals surface area contributed by atoms with Crippen LogP contribution in [0.5, 0.6) is 0 Å². The highest BCUT2D eigenvalue weighted by molar-refractivity contribution is 5.75. The first-order chi connectivity index (χ1) is 9.97. The van der Waals surface area contributed by atoms with Crippen molar-refractivity contribution in [2.45, 2.75) is 33.4 Å². The van der Waals surface area contributed by atoms with Crippen LogP contribution in [0.2, 0.25) is 0 Å². The number of carbonyl (C=O) groups is 1. The van der Waals surface area contributed by atoms with Crippen LogP contribution in [0.1, 0.15) is 20.8 Å². The van der Waals surface area contributed by atoms with Crippen LogP contribution in [0.3, 0.4) is 0 Å². The average Bonchev–Trinajstić information content (AvgIpc) is 2.95. The fourth-order valence-corrected chi connectivity index (χ4v) is 1.60. The Labute approximate surface area is 121 Å². The summed E-state index contributed by atoms with van der Waals surface area (Å²) in [7, 11) is 0. The summed E-state index contributed by atoms with van der Waals surface area (Å²) >= 11 is 0. The SMILES string of the molecule is CC(C)[C@H](C)NC(=O)Cn1nc(-n2cncn2)ccc1=O. The van der Waals surface area contributed by atoms with Gasteiger partial charge in [-0.2, -0.15) is 5.10 Å². The van der Waals surface area contributed by atoms with E-state index in [0.29, 0.717) is 11.7 Å². The van der Waals surface area contributed by atoms with E-state index >= 15 is 0 Å². The topological polar surface area (TPSA) is 94.7 Å². The van der Waals surface area contributed by atoms with Gasteiger partial charge in [0.25, 0.3) is 5.56 Å². The summed E-state index contributed by atoms with van der Waals surface area (Å²) in [6.45, 7) is 5.82. The minimum absolute atomic E-state index is 0.0340. The first kappa shape index (κ1) is 14.9. The lowest BCUT2D eigenvalue weighted by atomic mass is 10.1. The molecule has 0 aromatic carbocycles. The van der Waals surface area contributed by atoms with E-state index in [0.717, 1.165) is 4.68 Å². The molecule has 2 rings (SSSR count). The van der Waals surface area contributed by atoms with Gasteiger partial charge in [0.15, 0.2) is 5.82 Å². The molecule has 2 heterocycles. The van der Waals surface area contributed by atoms with Crippen molar-refractivity contribution in [2.75, 3.05) is 0 Å². The molecular weight excluding hydrogens is 272 g/mol. The summed E-state index contributed by atoms with van der Waals surface area (Å²) in [5.41, 5.74) is -0.341. The Morgan fingerprint density at radius 3 is 2.71 bits per heavy atom. The molecule has 2 aromatic rings. The van der Waals surface area contributed by atoms with Gasteiger partial charge in [-0.3, -0.25) is 9.59 Å². The van der Waals surface area contributed by atoms with E-state index in [9.17, 15) is 9.59 Å². The van der Waals surface area contributed by atoms with Crippen molar-refractivity contribution in [2.24, 2.45) is 5.92 Å². The standard InChI is InChI=1S/C13H18N6O2/c1-9(2)10(3)16-12(20)6-18-13(21)5-4-11(17-18)19-8-14-7-15-19/h4-5,7-10H,6H2,1-3H3,(H,16,20)/t10-/m0/s1.